The predicted octanol–water partition coefficient (Wildman–Crippen LogP) is 7.37. The van der Waals surface area contributed by atoms with E-state index >= 15 is 0 Å². The Morgan fingerprint density at radius 2 is 1.79 bits per heavy atom. The molecular weight excluding hydrogens is 548 g/mol. The van der Waals surface area contributed by atoms with E-state index in [0.29, 0.717) is 24.4 Å². The molecule has 2 heterocycles. The maximum absolute atomic E-state index is 13.7. The maximum atomic E-state index is 13.7. The van der Waals surface area contributed by atoms with Gasteiger partial charge < -0.3 is 14.7 Å². The van der Waals surface area contributed by atoms with Gasteiger partial charge in [-0.05, 0) is 46.4 Å². The maximum Gasteiger partial charge on any atom is 0.307 e. The van der Waals surface area contributed by atoms with Crippen LogP contribution >= 0.6 is 0 Å². The van der Waals surface area contributed by atoms with Crippen molar-refractivity contribution in [3.8, 4) is 11.1 Å². The number of rotatable bonds is 9. The van der Waals surface area contributed by atoms with Crippen LogP contribution in [0.4, 0.5) is 8.78 Å². The number of ether oxygens (including phenoxy) is 1. The third-order valence-corrected chi connectivity index (χ3v) is 8.28. The molecular formula is C35H31F2N3O3. The Kier molecular flexibility index (Phi) is 7.30. The third-order valence-electron chi connectivity index (χ3n) is 8.28. The molecule has 1 aromatic heterocycles. The highest BCUT2D eigenvalue weighted by molar-refractivity contribution is 5.97. The summed E-state index contributed by atoms with van der Waals surface area (Å²) in [7, 11) is 0. The van der Waals surface area contributed by atoms with Crippen molar-refractivity contribution in [1.29, 1.82) is 0 Å². The van der Waals surface area contributed by atoms with E-state index < -0.39 is 28.9 Å². The summed E-state index contributed by atoms with van der Waals surface area (Å²) in [6.07, 6.45) is 1.79. The van der Waals surface area contributed by atoms with Crippen LogP contribution in [-0.4, -0.2) is 33.3 Å². The number of para-hydroxylation sites is 1. The van der Waals surface area contributed by atoms with E-state index in [1.54, 1.807) is 12.1 Å². The minimum Gasteiger partial charge on any atom is -0.488 e. The number of hydrogen-bond donors (Lipinski definition) is 1. The minimum atomic E-state index is -0.891. The van der Waals surface area contributed by atoms with Gasteiger partial charge in [-0.25, -0.2) is 18.8 Å². The van der Waals surface area contributed by atoms with Crippen LogP contribution in [0.15, 0.2) is 108 Å². The number of allylic oxidation sites excluding steroid dienone is 1. The first-order valence-corrected chi connectivity index (χ1v) is 14.1. The summed E-state index contributed by atoms with van der Waals surface area (Å²) < 4.78 is 33.0. The van der Waals surface area contributed by atoms with Crippen LogP contribution in [0.25, 0.3) is 22.0 Å². The second-order valence-corrected chi connectivity index (χ2v) is 11.7. The van der Waals surface area contributed by atoms with Gasteiger partial charge in [0, 0.05) is 23.9 Å². The van der Waals surface area contributed by atoms with Crippen molar-refractivity contribution in [3.05, 3.63) is 126 Å². The summed E-state index contributed by atoms with van der Waals surface area (Å²) in [5, 5.41) is 10.9. The summed E-state index contributed by atoms with van der Waals surface area (Å²) in [5.74, 6) is -2.19. The molecule has 1 N–H and O–H groups in total. The van der Waals surface area contributed by atoms with Crippen LogP contribution < -0.4 is 0 Å². The number of nitrogens with zero attached hydrogens (tertiary/aromatic N) is 3. The summed E-state index contributed by atoms with van der Waals surface area (Å²) in [6.45, 7) is 9.19. The van der Waals surface area contributed by atoms with Gasteiger partial charge in [0.1, 0.15) is 18.2 Å². The van der Waals surface area contributed by atoms with Gasteiger partial charge in [-0.2, -0.15) is 0 Å². The van der Waals surface area contributed by atoms with Crippen molar-refractivity contribution in [3.63, 3.8) is 0 Å². The van der Waals surface area contributed by atoms with Crippen molar-refractivity contribution in [1.82, 2.24) is 9.88 Å². The summed E-state index contributed by atoms with van der Waals surface area (Å²) in [5.41, 5.74) is 4.31. The van der Waals surface area contributed by atoms with Gasteiger partial charge in [0.25, 0.3) is 0 Å². The lowest BCUT2D eigenvalue weighted by Gasteiger charge is -2.21. The van der Waals surface area contributed by atoms with Gasteiger partial charge in [0.2, 0.25) is 0 Å². The molecule has 1 unspecified atom stereocenters. The van der Waals surface area contributed by atoms with E-state index in [1.807, 2.05) is 74.5 Å². The molecule has 8 heteroatoms. The number of halogens is 2. The van der Waals surface area contributed by atoms with E-state index in [4.69, 9.17) is 9.73 Å². The average Bonchev–Trinajstić information content (AvgIpc) is 3.37. The Morgan fingerprint density at radius 3 is 2.51 bits per heavy atom. The van der Waals surface area contributed by atoms with Crippen molar-refractivity contribution in [2.24, 2.45) is 22.2 Å². The van der Waals surface area contributed by atoms with Crippen LogP contribution in [0, 0.1) is 28.9 Å². The summed E-state index contributed by atoms with van der Waals surface area (Å²) >= 11 is 0. The third kappa shape index (κ3) is 5.78. The molecule has 2 atom stereocenters. The van der Waals surface area contributed by atoms with Crippen LogP contribution in [0.1, 0.15) is 25.1 Å². The Bertz CT molecular complexity index is 1800. The molecule has 43 heavy (non-hydrogen) atoms. The standard InChI is InChI=1S/C35H31F2N3O3/c1-21(43-20-26-14-12-24-6-4-5-7-30(24)38-26)16-27-19-40(33(39-27)31-32(34(41)42)35(31,2)3)18-22-8-10-23(11-9-22)25-13-15-28(36)29(37)17-25/h4-17,31-32H,1,18-20H2,2-3H3,(H,41,42)/b27-16+/t31-,32?/m0/s1. The van der Waals surface area contributed by atoms with Crippen molar-refractivity contribution in [2.75, 3.05) is 6.54 Å². The van der Waals surface area contributed by atoms with Gasteiger partial charge in [0.05, 0.1) is 29.4 Å². The normalized spacial score (nSPS) is 19.9. The lowest BCUT2D eigenvalue weighted by Crippen LogP contribution is -2.30. The Hall–Kier alpha value is -4.85. The highest BCUT2D eigenvalue weighted by atomic mass is 19.2. The number of aliphatic carboxylic acids is 1. The zero-order valence-corrected chi connectivity index (χ0v) is 23.9. The number of amidine groups is 1. The van der Waals surface area contributed by atoms with E-state index in [1.165, 1.54) is 6.07 Å². The molecule has 1 aliphatic heterocycles. The molecule has 218 valence electrons. The molecule has 3 aromatic carbocycles. The zero-order valence-electron chi connectivity index (χ0n) is 23.9. The molecule has 2 aliphatic rings. The first kappa shape index (κ1) is 28.3. The second-order valence-electron chi connectivity index (χ2n) is 11.7. The summed E-state index contributed by atoms with van der Waals surface area (Å²) in [4.78, 5) is 23.6. The van der Waals surface area contributed by atoms with Gasteiger partial charge in [0.15, 0.2) is 11.6 Å². The average molecular weight is 580 g/mol. The molecule has 0 radical (unpaired) electrons. The quantitative estimate of drug-likeness (QED) is 0.210. The largest absolute Gasteiger partial charge is 0.488 e. The second kappa shape index (κ2) is 11.1. The molecule has 0 spiro atoms. The highest BCUT2D eigenvalue weighted by Gasteiger charge is 2.65. The molecule has 0 amide bonds. The van der Waals surface area contributed by atoms with Crippen molar-refractivity contribution < 1.29 is 23.4 Å². The van der Waals surface area contributed by atoms with Gasteiger partial charge in [-0.3, -0.25) is 4.79 Å². The smallest absolute Gasteiger partial charge is 0.307 e. The molecule has 1 aliphatic carbocycles. The zero-order chi connectivity index (χ0) is 30.3. The van der Waals surface area contributed by atoms with Gasteiger partial charge >= 0.3 is 5.97 Å². The molecule has 4 aromatic rings. The van der Waals surface area contributed by atoms with E-state index in [9.17, 15) is 18.7 Å². The predicted molar refractivity (Wildman–Crippen MR) is 162 cm³/mol. The SMILES string of the molecule is C=C(/C=C1\CN(Cc2ccc(-c3ccc(F)c(F)c3)cc2)C([C@@H]2C(C(=O)O)C2(C)C)=N1)OCc1ccc2ccccc2n1. The molecule has 1 fully saturated rings. The lowest BCUT2D eigenvalue weighted by molar-refractivity contribution is -0.139. The fourth-order valence-corrected chi connectivity index (χ4v) is 5.87. The molecule has 0 saturated heterocycles. The van der Waals surface area contributed by atoms with Crippen LogP contribution in [-0.2, 0) is 22.7 Å². The fraction of sp³-hybridized carbons (Fsp3) is 0.229. The van der Waals surface area contributed by atoms with E-state index in [-0.39, 0.29) is 12.5 Å². The van der Waals surface area contributed by atoms with E-state index in [2.05, 4.69) is 16.5 Å². The van der Waals surface area contributed by atoms with Gasteiger partial charge in [-0.1, -0.05) is 75.0 Å². The van der Waals surface area contributed by atoms with Crippen molar-refractivity contribution >= 4 is 22.7 Å². The first-order valence-electron chi connectivity index (χ1n) is 14.1. The minimum absolute atomic E-state index is 0.228. The van der Waals surface area contributed by atoms with E-state index in [0.717, 1.165) is 45.3 Å². The number of benzene rings is 3. The number of carboxylic acids is 1. The fourth-order valence-electron chi connectivity index (χ4n) is 5.87. The Labute approximate surface area is 248 Å². The number of pyridine rings is 1. The number of fused-ring (bicyclic) bond motifs is 1. The Morgan fingerprint density at radius 1 is 1.05 bits per heavy atom. The topological polar surface area (TPSA) is 75.0 Å². The first-order chi connectivity index (χ1) is 20.6. The van der Waals surface area contributed by atoms with Gasteiger partial charge in [-0.15, -0.1) is 0 Å². The van der Waals surface area contributed by atoms with Crippen LogP contribution in [0.5, 0.6) is 0 Å². The lowest BCUT2D eigenvalue weighted by atomic mass is 10.0. The molecule has 0 bridgehead atoms. The molecule has 6 rings (SSSR count). The number of carboxylic acid groups (broad SMARTS) is 1. The van der Waals surface area contributed by atoms with Crippen LogP contribution in [0.3, 0.4) is 0 Å². The number of carbonyl (C=O) groups is 1. The number of aromatic nitrogens is 1. The Balaban J connectivity index is 1.18. The number of aliphatic imine (C=N–C) groups is 1. The van der Waals surface area contributed by atoms with Crippen LogP contribution in [0.2, 0.25) is 0 Å². The monoisotopic (exact) mass is 579 g/mol. The molecule has 1 saturated carbocycles. The number of hydrogen-bond acceptors (Lipinski definition) is 5. The van der Waals surface area contributed by atoms with Crippen molar-refractivity contribution in [2.45, 2.75) is 27.0 Å². The summed E-state index contributed by atoms with van der Waals surface area (Å²) in [6, 6.07) is 23.3. The highest BCUT2D eigenvalue weighted by Crippen LogP contribution is 2.60. The molecule has 6 nitrogen and oxygen atoms in total.